The molecule has 0 amide bonds. The topological polar surface area (TPSA) is 97.6 Å². The summed E-state index contributed by atoms with van der Waals surface area (Å²) in [5.74, 6) is 0.720. The zero-order chi connectivity index (χ0) is 22.5. The van der Waals surface area contributed by atoms with Crippen LogP contribution < -0.4 is 16.0 Å². The van der Waals surface area contributed by atoms with Gasteiger partial charge in [-0.1, -0.05) is 29.3 Å². The second kappa shape index (κ2) is 7.88. The average Bonchev–Trinajstić information content (AvgIpc) is 2.87. The molecule has 0 aliphatic carbocycles. The van der Waals surface area contributed by atoms with Gasteiger partial charge in [0, 0.05) is 41.8 Å². The molecule has 3 N–H and O–H groups in total. The number of nitrogens with two attached hydrogens (primary N) is 1. The molecule has 3 heterocycles. The van der Waals surface area contributed by atoms with Crippen LogP contribution >= 0.6 is 11.6 Å². The van der Waals surface area contributed by atoms with Gasteiger partial charge in [0.2, 0.25) is 0 Å². The highest BCUT2D eigenvalue weighted by Gasteiger charge is 2.34. The van der Waals surface area contributed by atoms with E-state index < -0.39 is 9.84 Å². The molecule has 1 aromatic heterocycles. The summed E-state index contributed by atoms with van der Waals surface area (Å²) >= 11 is 6.08. The third kappa shape index (κ3) is 4.03. The van der Waals surface area contributed by atoms with Crippen molar-refractivity contribution in [3.8, 4) is 0 Å². The van der Waals surface area contributed by atoms with Gasteiger partial charge in [0.15, 0.2) is 9.84 Å². The van der Waals surface area contributed by atoms with Crippen LogP contribution in [0.1, 0.15) is 11.1 Å². The molecule has 32 heavy (non-hydrogen) atoms. The van der Waals surface area contributed by atoms with Crippen molar-refractivity contribution in [2.75, 3.05) is 42.3 Å². The summed E-state index contributed by atoms with van der Waals surface area (Å²) < 4.78 is 31.0. The van der Waals surface area contributed by atoms with E-state index in [1.165, 1.54) is 0 Å². The third-order valence-electron chi connectivity index (χ3n) is 6.04. The highest BCUT2D eigenvalue weighted by molar-refractivity contribution is 7.91. The lowest BCUT2D eigenvalue weighted by Gasteiger charge is -2.38. The van der Waals surface area contributed by atoms with E-state index >= 15 is 0 Å². The molecule has 1 fully saturated rings. The molecular formula is C23H25ClN4O3S. The summed E-state index contributed by atoms with van der Waals surface area (Å²) in [4.78, 5) is 7.18. The van der Waals surface area contributed by atoms with Gasteiger partial charge in [-0.25, -0.2) is 13.4 Å². The Kier molecular flexibility index (Phi) is 5.28. The summed E-state index contributed by atoms with van der Waals surface area (Å²) in [6, 6.07) is 13.2. The molecule has 0 bridgehead atoms. The number of hydrogen-bond donors (Lipinski definition) is 2. The Morgan fingerprint density at radius 3 is 2.78 bits per heavy atom. The molecule has 2 aromatic carbocycles. The van der Waals surface area contributed by atoms with Crippen LogP contribution in [0.2, 0.25) is 5.02 Å². The minimum absolute atomic E-state index is 0.0000307. The van der Waals surface area contributed by atoms with Crippen LogP contribution in [0.5, 0.6) is 0 Å². The van der Waals surface area contributed by atoms with E-state index in [4.69, 9.17) is 27.1 Å². The quantitative estimate of drug-likeness (QED) is 0.602. The fourth-order valence-corrected chi connectivity index (χ4v) is 5.90. The largest absolute Gasteiger partial charge is 0.382 e. The molecule has 1 saturated heterocycles. The fraction of sp³-hybridized carbons (Fsp3) is 0.348. The third-order valence-corrected chi connectivity index (χ3v) is 8.05. The smallest absolute Gasteiger partial charge is 0.180 e. The molecule has 7 nitrogen and oxygen atoms in total. The second-order valence-electron chi connectivity index (χ2n) is 8.75. The number of aromatic nitrogens is 1. The van der Waals surface area contributed by atoms with Gasteiger partial charge < -0.3 is 20.7 Å². The van der Waals surface area contributed by atoms with E-state index in [2.05, 4.69) is 11.4 Å². The second-order valence-corrected chi connectivity index (χ2v) is 11.3. The van der Waals surface area contributed by atoms with Crippen molar-refractivity contribution in [1.82, 2.24) is 4.98 Å². The van der Waals surface area contributed by atoms with Gasteiger partial charge in [-0.15, -0.1) is 0 Å². The van der Waals surface area contributed by atoms with Gasteiger partial charge in [-0.2, -0.15) is 0 Å². The normalized spacial score (nSPS) is 19.2. The summed E-state index contributed by atoms with van der Waals surface area (Å²) in [6.07, 6.45) is 0. The molecular weight excluding hydrogens is 448 g/mol. The van der Waals surface area contributed by atoms with Crippen molar-refractivity contribution in [3.63, 3.8) is 0 Å². The molecule has 0 unspecified atom stereocenters. The maximum atomic E-state index is 12.8. The predicted octanol–water partition coefficient (Wildman–Crippen LogP) is 3.13. The number of fused-ring (bicyclic) bond motifs is 2. The van der Waals surface area contributed by atoms with Crippen LogP contribution in [0.15, 0.2) is 47.4 Å². The molecule has 5 rings (SSSR count). The number of ether oxygens (including phenoxy) is 1. The molecule has 0 radical (unpaired) electrons. The van der Waals surface area contributed by atoms with Gasteiger partial charge in [0.25, 0.3) is 0 Å². The highest BCUT2D eigenvalue weighted by Crippen LogP contribution is 2.32. The summed E-state index contributed by atoms with van der Waals surface area (Å²) in [7, 11) is -3.43. The van der Waals surface area contributed by atoms with Gasteiger partial charge in [0.05, 0.1) is 34.9 Å². The molecule has 9 heteroatoms. The van der Waals surface area contributed by atoms with Crippen molar-refractivity contribution in [2.24, 2.45) is 5.73 Å². The first kappa shape index (κ1) is 21.5. The maximum absolute atomic E-state index is 12.8. The fourth-order valence-electron chi connectivity index (χ4n) is 4.14. The highest BCUT2D eigenvalue weighted by atomic mass is 35.5. The Labute approximate surface area is 192 Å². The van der Waals surface area contributed by atoms with Crippen LogP contribution in [0.3, 0.4) is 0 Å². The monoisotopic (exact) mass is 472 g/mol. The predicted molar refractivity (Wildman–Crippen MR) is 127 cm³/mol. The Morgan fingerprint density at radius 2 is 2.03 bits per heavy atom. The lowest BCUT2D eigenvalue weighted by Crippen LogP contribution is -2.61. The number of benzene rings is 2. The van der Waals surface area contributed by atoms with Crippen molar-refractivity contribution >= 4 is 43.8 Å². The first-order valence-electron chi connectivity index (χ1n) is 10.5. The van der Waals surface area contributed by atoms with E-state index in [0.29, 0.717) is 42.8 Å². The standard InChI is InChI=1S/C23H25ClN4O3S/c1-15-2-5-19-18(8-15)20(26-12-23(25)13-31-14-23)10-22(27-19)28-6-7-32(29,30)21-9-17(24)4-3-16(21)11-28/h2-5,8-10H,6-7,11-14,25H2,1H3,(H,26,27). The molecule has 0 saturated carbocycles. The lowest BCUT2D eigenvalue weighted by molar-refractivity contribution is -0.0461. The number of sulfone groups is 1. The van der Waals surface area contributed by atoms with Crippen molar-refractivity contribution in [3.05, 3.63) is 58.6 Å². The van der Waals surface area contributed by atoms with E-state index in [1.807, 2.05) is 30.0 Å². The van der Waals surface area contributed by atoms with E-state index in [1.54, 1.807) is 18.2 Å². The van der Waals surface area contributed by atoms with Gasteiger partial charge in [0.1, 0.15) is 5.82 Å². The minimum atomic E-state index is -3.43. The first-order chi connectivity index (χ1) is 15.2. The van der Waals surface area contributed by atoms with Crippen LogP contribution in [-0.2, 0) is 21.1 Å². The number of anilines is 2. The number of pyridine rings is 1. The van der Waals surface area contributed by atoms with Crippen molar-refractivity contribution < 1.29 is 13.2 Å². The summed E-state index contributed by atoms with van der Waals surface area (Å²) in [6.45, 7) is 4.45. The molecule has 3 aromatic rings. The Balaban J connectivity index is 1.55. The molecule has 2 aliphatic rings. The van der Waals surface area contributed by atoms with Gasteiger partial charge >= 0.3 is 0 Å². The lowest BCUT2D eigenvalue weighted by atomic mass is 9.99. The zero-order valence-electron chi connectivity index (χ0n) is 17.8. The van der Waals surface area contributed by atoms with E-state index in [9.17, 15) is 8.42 Å². The molecule has 0 spiro atoms. The Hall–Kier alpha value is -2.39. The number of rotatable bonds is 4. The summed E-state index contributed by atoms with van der Waals surface area (Å²) in [5, 5.41) is 4.91. The van der Waals surface area contributed by atoms with Crippen LogP contribution in [0, 0.1) is 6.92 Å². The zero-order valence-corrected chi connectivity index (χ0v) is 19.3. The van der Waals surface area contributed by atoms with Gasteiger partial charge in [-0.3, -0.25) is 0 Å². The van der Waals surface area contributed by atoms with Crippen LogP contribution in [-0.4, -0.2) is 51.0 Å². The number of aryl methyl sites for hydroxylation is 1. The van der Waals surface area contributed by atoms with Gasteiger partial charge in [-0.05, 0) is 36.8 Å². The number of nitrogens with zero attached hydrogens (tertiary/aromatic N) is 2. The van der Waals surface area contributed by atoms with Crippen molar-refractivity contribution in [1.29, 1.82) is 0 Å². The van der Waals surface area contributed by atoms with Crippen molar-refractivity contribution in [2.45, 2.75) is 23.9 Å². The minimum Gasteiger partial charge on any atom is -0.382 e. The first-order valence-corrected chi connectivity index (χ1v) is 12.5. The Morgan fingerprint density at radius 1 is 1.22 bits per heavy atom. The summed E-state index contributed by atoms with van der Waals surface area (Å²) in [5.41, 5.74) is 9.57. The van der Waals surface area contributed by atoms with E-state index in [0.717, 1.165) is 33.5 Å². The Bertz CT molecular complexity index is 1310. The number of nitrogens with one attached hydrogen (secondary N) is 1. The van der Waals surface area contributed by atoms with Crippen LogP contribution in [0.25, 0.3) is 10.9 Å². The number of hydrogen-bond acceptors (Lipinski definition) is 7. The molecule has 2 aliphatic heterocycles. The number of halogens is 1. The van der Waals surface area contributed by atoms with Crippen LogP contribution in [0.4, 0.5) is 11.5 Å². The molecule has 0 atom stereocenters. The average molecular weight is 473 g/mol. The van der Waals surface area contributed by atoms with E-state index in [-0.39, 0.29) is 11.3 Å². The SMILES string of the molecule is Cc1ccc2nc(N3CCS(=O)(=O)c4cc(Cl)ccc4C3)cc(NCC3(N)COC3)c2c1. The molecule has 168 valence electrons. The maximum Gasteiger partial charge on any atom is 0.180 e.